The van der Waals surface area contributed by atoms with Crippen molar-refractivity contribution in [3.8, 4) is 0 Å². The first-order valence-electron chi connectivity index (χ1n) is 5.67. The number of hydrogen-bond donors (Lipinski definition) is 1. The van der Waals surface area contributed by atoms with Gasteiger partial charge in [-0.25, -0.2) is 4.98 Å². The van der Waals surface area contributed by atoms with Gasteiger partial charge < -0.3 is 9.88 Å². The van der Waals surface area contributed by atoms with Gasteiger partial charge in [0.25, 0.3) is 0 Å². The second-order valence-electron chi connectivity index (χ2n) is 4.11. The first-order valence-corrected chi connectivity index (χ1v) is 6.11. The zero-order chi connectivity index (χ0) is 11.5. The van der Waals surface area contributed by atoms with Crippen LogP contribution in [0.15, 0.2) is 12.5 Å². The van der Waals surface area contributed by atoms with E-state index in [9.17, 15) is 4.79 Å². The van der Waals surface area contributed by atoms with Crippen LogP contribution in [0.4, 0.5) is 0 Å². The second-order valence-corrected chi connectivity index (χ2v) is 4.55. The summed E-state index contributed by atoms with van der Waals surface area (Å²) in [5.41, 5.74) is 0.803. The molecule has 88 valence electrons. The molecule has 1 aliphatic rings. The maximum atomic E-state index is 11.7. The molecule has 1 heterocycles. The van der Waals surface area contributed by atoms with E-state index in [0.29, 0.717) is 12.6 Å². The molecule has 1 N–H and O–H groups in total. The number of nitrogens with zero attached hydrogens (tertiary/aromatic N) is 2. The van der Waals surface area contributed by atoms with Gasteiger partial charge in [-0.15, -0.1) is 11.6 Å². The smallest absolute Gasteiger partial charge is 0.244 e. The lowest BCUT2D eigenvalue weighted by Gasteiger charge is -2.12. The quantitative estimate of drug-likeness (QED) is 0.802. The average molecular weight is 242 g/mol. The number of halogens is 1. The molecule has 1 aliphatic carbocycles. The van der Waals surface area contributed by atoms with Gasteiger partial charge in [-0.05, 0) is 19.3 Å². The SMILES string of the molecule is CCCNC(=O)C(Cl)c1cncn1C1CC1. The number of nitrogens with one attached hydrogen (secondary N) is 1. The van der Waals surface area contributed by atoms with Gasteiger partial charge >= 0.3 is 0 Å². The first kappa shape index (κ1) is 11.5. The Morgan fingerprint density at radius 1 is 1.75 bits per heavy atom. The summed E-state index contributed by atoms with van der Waals surface area (Å²) in [5, 5.41) is 2.16. The van der Waals surface area contributed by atoms with Crippen molar-refractivity contribution >= 4 is 17.5 Å². The summed E-state index contributed by atoms with van der Waals surface area (Å²) >= 11 is 6.14. The maximum absolute atomic E-state index is 11.7. The fourth-order valence-corrected chi connectivity index (χ4v) is 1.89. The van der Waals surface area contributed by atoms with Gasteiger partial charge in [0, 0.05) is 12.6 Å². The first-order chi connectivity index (χ1) is 7.74. The van der Waals surface area contributed by atoms with Crippen LogP contribution in [0.25, 0.3) is 0 Å². The molecule has 0 radical (unpaired) electrons. The summed E-state index contributed by atoms with van der Waals surface area (Å²) in [6.45, 7) is 2.68. The summed E-state index contributed by atoms with van der Waals surface area (Å²) in [6.07, 6.45) is 6.67. The summed E-state index contributed by atoms with van der Waals surface area (Å²) in [4.78, 5) is 15.8. The molecule has 0 aliphatic heterocycles. The van der Waals surface area contributed by atoms with Gasteiger partial charge in [0.05, 0.1) is 18.2 Å². The van der Waals surface area contributed by atoms with Crippen LogP contribution in [0.2, 0.25) is 0 Å². The lowest BCUT2D eigenvalue weighted by molar-refractivity contribution is -0.120. The molecule has 0 spiro atoms. The van der Waals surface area contributed by atoms with Crippen LogP contribution < -0.4 is 5.32 Å². The molecule has 4 nitrogen and oxygen atoms in total. The fraction of sp³-hybridized carbons (Fsp3) is 0.636. The van der Waals surface area contributed by atoms with Crippen molar-refractivity contribution in [1.29, 1.82) is 0 Å². The number of imidazole rings is 1. The van der Waals surface area contributed by atoms with Crippen molar-refractivity contribution in [2.75, 3.05) is 6.54 Å². The van der Waals surface area contributed by atoms with Crippen LogP contribution in [0.5, 0.6) is 0 Å². The van der Waals surface area contributed by atoms with Crippen LogP contribution in [0, 0.1) is 0 Å². The molecule has 1 aromatic heterocycles. The number of aromatic nitrogens is 2. The average Bonchev–Trinajstić information content (AvgIpc) is 3.03. The molecule has 5 heteroatoms. The zero-order valence-electron chi connectivity index (χ0n) is 9.32. The minimum atomic E-state index is -0.630. The molecule has 0 aromatic carbocycles. The molecule has 1 amide bonds. The fourth-order valence-electron chi connectivity index (χ4n) is 1.64. The zero-order valence-corrected chi connectivity index (χ0v) is 10.1. The van der Waals surface area contributed by atoms with Gasteiger partial charge in [-0.3, -0.25) is 4.79 Å². The highest BCUT2D eigenvalue weighted by Gasteiger charge is 2.29. The number of amides is 1. The van der Waals surface area contributed by atoms with Crippen LogP contribution in [0.3, 0.4) is 0 Å². The number of rotatable bonds is 5. The van der Waals surface area contributed by atoms with Gasteiger partial charge in [0.1, 0.15) is 0 Å². The van der Waals surface area contributed by atoms with Crippen molar-refractivity contribution < 1.29 is 4.79 Å². The van der Waals surface area contributed by atoms with E-state index in [1.807, 2.05) is 11.5 Å². The molecule has 0 bridgehead atoms. The molecule has 1 saturated carbocycles. The van der Waals surface area contributed by atoms with E-state index in [-0.39, 0.29) is 5.91 Å². The van der Waals surface area contributed by atoms with Gasteiger partial charge in [0.15, 0.2) is 5.38 Å². The number of carbonyl (C=O) groups is 1. The largest absolute Gasteiger partial charge is 0.354 e. The molecule has 1 aromatic rings. The summed E-state index contributed by atoms with van der Waals surface area (Å²) in [6, 6.07) is 0.498. The molecular weight excluding hydrogens is 226 g/mol. The van der Waals surface area contributed by atoms with E-state index >= 15 is 0 Å². The lowest BCUT2D eigenvalue weighted by atomic mass is 10.3. The molecule has 1 atom stereocenters. The van der Waals surface area contributed by atoms with Crippen LogP contribution in [-0.4, -0.2) is 22.0 Å². The second kappa shape index (κ2) is 4.87. The van der Waals surface area contributed by atoms with E-state index in [1.54, 1.807) is 12.5 Å². The standard InChI is InChI=1S/C11H16ClN3O/c1-2-5-14-11(16)10(12)9-6-13-7-15(9)8-3-4-8/h6-8,10H,2-5H2,1H3,(H,14,16). The Morgan fingerprint density at radius 2 is 2.50 bits per heavy atom. The van der Waals surface area contributed by atoms with Crippen molar-refractivity contribution in [3.05, 3.63) is 18.2 Å². The van der Waals surface area contributed by atoms with E-state index in [2.05, 4.69) is 10.3 Å². The van der Waals surface area contributed by atoms with Crippen molar-refractivity contribution in [2.24, 2.45) is 0 Å². The van der Waals surface area contributed by atoms with Crippen LogP contribution in [-0.2, 0) is 4.79 Å². The summed E-state index contributed by atoms with van der Waals surface area (Å²) < 4.78 is 2.02. The topological polar surface area (TPSA) is 46.9 Å². The van der Waals surface area contributed by atoms with E-state index in [4.69, 9.17) is 11.6 Å². The van der Waals surface area contributed by atoms with Gasteiger partial charge in [-0.1, -0.05) is 6.92 Å². The van der Waals surface area contributed by atoms with Gasteiger partial charge in [0.2, 0.25) is 5.91 Å². The summed E-state index contributed by atoms with van der Waals surface area (Å²) in [7, 11) is 0. The van der Waals surface area contributed by atoms with Gasteiger partial charge in [-0.2, -0.15) is 0 Å². The number of alkyl halides is 1. The monoisotopic (exact) mass is 241 g/mol. The Hall–Kier alpha value is -1.03. The van der Waals surface area contributed by atoms with E-state index in [1.165, 1.54) is 0 Å². The normalized spacial score (nSPS) is 17.1. The van der Waals surface area contributed by atoms with Crippen molar-refractivity contribution in [2.45, 2.75) is 37.6 Å². The Kier molecular flexibility index (Phi) is 3.49. The Bertz CT molecular complexity index is 373. The predicted molar refractivity (Wildman–Crippen MR) is 62.4 cm³/mol. The number of hydrogen-bond acceptors (Lipinski definition) is 2. The van der Waals surface area contributed by atoms with E-state index in [0.717, 1.165) is 25.0 Å². The maximum Gasteiger partial charge on any atom is 0.244 e. The highest BCUT2D eigenvalue weighted by molar-refractivity contribution is 6.30. The Labute approximate surface area is 100.0 Å². The van der Waals surface area contributed by atoms with Crippen molar-refractivity contribution in [3.63, 3.8) is 0 Å². The molecule has 0 saturated heterocycles. The molecule has 2 rings (SSSR count). The molecule has 16 heavy (non-hydrogen) atoms. The minimum Gasteiger partial charge on any atom is -0.354 e. The van der Waals surface area contributed by atoms with Crippen LogP contribution >= 0.6 is 11.6 Å². The molecular formula is C11H16ClN3O. The molecule has 1 fully saturated rings. The molecule has 1 unspecified atom stereocenters. The van der Waals surface area contributed by atoms with E-state index < -0.39 is 5.38 Å². The third-order valence-corrected chi connectivity index (χ3v) is 3.10. The van der Waals surface area contributed by atoms with Crippen molar-refractivity contribution in [1.82, 2.24) is 14.9 Å². The Balaban J connectivity index is 2.04. The lowest BCUT2D eigenvalue weighted by Crippen LogP contribution is -2.28. The predicted octanol–water partition coefficient (Wildman–Crippen LogP) is 2.02. The third kappa shape index (κ3) is 2.38. The summed E-state index contributed by atoms with van der Waals surface area (Å²) in [5.74, 6) is -0.133. The third-order valence-electron chi connectivity index (χ3n) is 2.68. The highest BCUT2D eigenvalue weighted by atomic mass is 35.5. The Morgan fingerprint density at radius 3 is 3.12 bits per heavy atom. The highest BCUT2D eigenvalue weighted by Crippen LogP contribution is 2.37. The number of carbonyl (C=O) groups excluding carboxylic acids is 1. The minimum absolute atomic E-state index is 0.133. The van der Waals surface area contributed by atoms with Crippen LogP contribution in [0.1, 0.15) is 43.3 Å².